The first-order valence-corrected chi connectivity index (χ1v) is 44.3. The lowest BCUT2D eigenvalue weighted by Gasteiger charge is -2.33. The highest BCUT2D eigenvalue weighted by atomic mass is 35.5. The predicted octanol–water partition coefficient (Wildman–Crippen LogP) is 15.5. The molecule has 18 heterocycles. The molecule has 7 fully saturated rings. The van der Waals surface area contributed by atoms with Crippen molar-refractivity contribution in [1.82, 2.24) is 58.1 Å². The van der Waals surface area contributed by atoms with Crippen LogP contribution in [0.5, 0.6) is 0 Å². The van der Waals surface area contributed by atoms with E-state index in [-0.39, 0.29) is 43.2 Å². The number of ether oxygens (including phenoxy) is 13. The number of hydrogen-bond acceptors (Lipinski definition) is 27. The zero-order valence-corrected chi connectivity index (χ0v) is 75.2. The molecule has 41 heteroatoms. The maximum Gasteiger partial charge on any atom is 0.164 e. The Morgan fingerprint density at radius 1 is 0.389 bits per heavy atom. The number of fused-ring (bicyclic) bond motifs is 10. The van der Waals surface area contributed by atoms with Gasteiger partial charge in [0.1, 0.15) is 168 Å². The fourth-order valence-electron chi connectivity index (χ4n) is 18.7. The quantitative estimate of drug-likeness (QED) is 0.0655. The minimum atomic E-state index is -1.19. The molecule has 7 saturated heterocycles. The van der Waals surface area contributed by atoms with Crippen molar-refractivity contribution in [2.45, 2.75) is 207 Å². The second-order valence-corrected chi connectivity index (χ2v) is 37.2. The summed E-state index contributed by atoms with van der Waals surface area (Å²) in [5, 5.41) is 49.5. The minimum Gasteiger partial charge on any atom is -0.396 e. The number of nitrogens with two attached hydrogens (primary N) is 2. The third kappa shape index (κ3) is 16.2. The molecule has 664 valence electrons. The summed E-state index contributed by atoms with van der Waals surface area (Å²) < 4.78 is 88.8. The molecule has 31 nitrogen and oxygen atoms in total. The van der Waals surface area contributed by atoms with Gasteiger partial charge in [0, 0.05) is 31.4 Å². The van der Waals surface area contributed by atoms with E-state index < -0.39 is 103 Å². The van der Waals surface area contributed by atoms with Crippen LogP contribution in [0, 0.1) is 0 Å². The maximum absolute atomic E-state index is 11.4. The van der Waals surface area contributed by atoms with Crippen molar-refractivity contribution in [1.29, 1.82) is 0 Å². The van der Waals surface area contributed by atoms with E-state index >= 15 is 0 Å². The van der Waals surface area contributed by atoms with Crippen molar-refractivity contribution in [2.75, 3.05) is 37.9 Å². The summed E-state index contributed by atoms with van der Waals surface area (Å²) in [5.41, 5.74) is 21.5. The van der Waals surface area contributed by atoms with E-state index in [0.29, 0.717) is 139 Å². The number of aliphatic hydroxyl groups is 4. The van der Waals surface area contributed by atoms with Crippen LogP contribution in [0.15, 0.2) is 123 Å². The molecule has 0 amide bonds. The lowest BCUT2D eigenvalue weighted by molar-refractivity contribution is -0.212. The van der Waals surface area contributed by atoms with E-state index in [2.05, 4.69) is 39.9 Å². The number of aromatic nitrogens is 12. The van der Waals surface area contributed by atoms with Crippen LogP contribution in [0.3, 0.4) is 0 Å². The Morgan fingerprint density at radius 3 is 1.15 bits per heavy atom. The first kappa shape index (κ1) is 88.5. The van der Waals surface area contributed by atoms with Gasteiger partial charge < -0.3 is 112 Å². The molecule has 22 rings (SSSR count). The summed E-state index contributed by atoms with van der Waals surface area (Å²) in [4.78, 5) is 33.6. The molecule has 12 aromatic rings. The van der Waals surface area contributed by atoms with Gasteiger partial charge in [0.25, 0.3) is 0 Å². The van der Waals surface area contributed by atoms with Gasteiger partial charge >= 0.3 is 0 Å². The van der Waals surface area contributed by atoms with Gasteiger partial charge in [-0.15, -0.1) is 0 Å². The molecule has 8 N–H and O–H groups in total. The lowest BCUT2D eigenvalue weighted by atomic mass is 9.92. The molecule has 0 saturated carbocycles. The summed E-state index contributed by atoms with van der Waals surface area (Å²) in [6.07, 6.45) is 3.15. The number of hydrogen-bond donors (Lipinski definition) is 6. The molecule has 0 radical (unpaired) electrons. The van der Waals surface area contributed by atoms with E-state index in [1.165, 1.54) is 25.3 Å². The zero-order valence-electron chi connectivity index (χ0n) is 67.6. The van der Waals surface area contributed by atoms with Crippen LogP contribution >= 0.6 is 116 Å². The van der Waals surface area contributed by atoms with Crippen LogP contribution < -0.4 is 11.5 Å². The van der Waals surface area contributed by atoms with Crippen molar-refractivity contribution in [3.05, 3.63) is 218 Å². The Hall–Kier alpha value is -6.82. The summed E-state index contributed by atoms with van der Waals surface area (Å²) in [6.45, 7) is 12.7. The molecule has 0 unspecified atom stereocenters. The fraction of sp³-hybridized carbons (Fsp3) is 0.435. The third-order valence-electron chi connectivity index (χ3n) is 24.1. The van der Waals surface area contributed by atoms with Gasteiger partial charge in [0.05, 0.1) is 81.5 Å². The number of anilines is 2. The van der Waals surface area contributed by atoms with Crippen LogP contribution in [-0.4, -0.2) is 196 Å². The summed E-state index contributed by atoms with van der Waals surface area (Å²) in [6, 6.07) is 21.7. The highest BCUT2D eigenvalue weighted by Crippen LogP contribution is 2.55. The highest BCUT2D eigenvalue weighted by molar-refractivity contribution is 6.43. The first-order valence-electron chi connectivity index (χ1n) is 40.5. The van der Waals surface area contributed by atoms with Gasteiger partial charge in [-0.3, -0.25) is 0 Å². The highest BCUT2D eigenvalue weighted by Gasteiger charge is 2.62. The number of benzene rings is 4. The normalized spacial score (nSPS) is 29.7. The third-order valence-corrected chi connectivity index (χ3v) is 27.6. The molecule has 8 aromatic heterocycles. The van der Waals surface area contributed by atoms with Gasteiger partial charge in [-0.05, 0) is 185 Å². The van der Waals surface area contributed by atoms with Gasteiger partial charge in [0.15, 0.2) is 42.3 Å². The van der Waals surface area contributed by atoms with Gasteiger partial charge in [-0.2, -0.15) is 0 Å². The number of nitrogen functional groups attached to an aromatic ring is 2. The Morgan fingerprint density at radius 2 is 0.722 bits per heavy atom. The van der Waals surface area contributed by atoms with Crippen LogP contribution in [-0.2, 0) is 87.3 Å². The predicted molar refractivity (Wildman–Crippen MR) is 467 cm³/mol. The number of nitrogens with zero attached hydrogens (tertiary/aromatic N) is 12. The maximum atomic E-state index is 11.4. The minimum absolute atomic E-state index is 0.111. The summed E-state index contributed by atoms with van der Waals surface area (Å²) in [5.74, 6) is -1.66. The Balaban J connectivity index is 0.000000110. The molecule has 10 aliphatic rings. The van der Waals surface area contributed by atoms with Gasteiger partial charge in [0.2, 0.25) is 0 Å². The molecular formula is C85H82Cl10N14O17. The smallest absolute Gasteiger partial charge is 0.164 e. The fourth-order valence-corrected chi connectivity index (χ4v) is 20.5. The molecule has 0 bridgehead atoms. The Kier molecular flexibility index (Phi) is 24.4. The summed E-state index contributed by atoms with van der Waals surface area (Å²) >= 11 is 62.5. The van der Waals surface area contributed by atoms with Crippen LogP contribution in [0.2, 0.25) is 50.5 Å². The topological polar surface area (TPSA) is 376 Å². The van der Waals surface area contributed by atoms with Crippen molar-refractivity contribution < 1.29 is 82.0 Å². The first-order chi connectivity index (χ1) is 60.3. The average molecular weight is 1930 g/mol. The molecule has 126 heavy (non-hydrogen) atoms. The average Bonchev–Trinajstić information content (AvgIpc) is 1.58. The van der Waals surface area contributed by atoms with Crippen molar-refractivity contribution in [3.8, 4) is 0 Å². The van der Waals surface area contributed by atoms with Crippen molar-refractivity contribution in [3.63, 3.8) is 0 Å². The van der Waals surface area contributed by atoms with E-state index in [4.69, 9.17) is 189 Å². The number of rotatable bonds is 11. The zero-order chi connectivity index (χ0) is 88.2. The molecule has 20 atom stereocenters. The Labute approximate surface area is 769 Å². The molecule has 0 aliphatic carbocycles. The van der Waals surface area contributed by atoms with Crippen LogP contribution in [0.1, 0.15) is 135 Å². The van der Waals surface area contributed by atoms with Gasteiger partial charge in [-0.25, -0.2) is 39.9 Å². The standard InChI is InChI=1S/C22H22Cl3N3O5.C22H20Cl3N3O4.C22H22Cl2N4O4.C19H18Cl2N4O4/c1-22(2)32-17-16(15(30)12-8-14(24)13(23)7-10(12)4-6-29)31-21(18(17)33-22)28-5-3-11-19(25)26-9-27-20(11)28;2*1-22(2)31-17-16(15-12-8-14(24)13(23)7-10(12)4-6-29-15)30-21(18(17)32-22)28-5-3-11-19(25)26-9-27-20(11)28;20-11-5-8-2-4-28-15(10(8)6-12(11)21)16-13(26)14(27)19(29-16)25-3-1-9-17(22)23-7-24-18(9)25/h3,5,7-9,15-18,21,29-30H,4,6H2,1-2H3;3,5,7-9,15-18,21H,4,6H2,1-2H3;3,5,7-9,15-18,21H,4,6H2,1-2H3,(H2,25,26,27);1,3,5-7,13-16,19,26-27H,2,4H2,(H2,22,23,24)/t3*15-,16+,17-,18-,21-;13-,14+,15+,16+,19+/m1110/s1. The molecule has 10 aliphatic heterocycles. The Bertz CT molecular complexity index is 6000. The second kappa shape index (κ2) is 34.7. The van der Waals surface area contributed by atoms with Crippen LogP contribution in [0.25, 0.3) is 44.1 Å². The number of halogens is 10. The van der Waals surface area contributed by atoms with Crippen molar-refractivity contribution in [2.24, 2.45) is 0 Å². The van der Waals surface area contributed by atoms with E-state index in [0.717, 1.165) is 57.0 Å². The summed E-state index contributed by atoms with van der Waals surface area (Å²) in [7, 11) is 0. The largest absolute Gasteiger partial charge is 0.396 e. The molecule has 4 aromatic carbocycles. The van der Waals surface area contributed by atoms with E-state index in [1.807, 2.05) is 110 Å². The molecule has 0 spiro atoms. The van der Waals surface area contributed by atoms with Crippen molar-refractivity contribution >= 4 is 172 Å². The second-order valence-electron chi connectivity index (χ2n) is 33.2. The van der Waals surface area contributed by atoms with E-state index in [9.17, 15) is 20.4 Å². The van der Waals surface area contributed by atoms with E-state index in [1.54, 1.807) is 47.3 Å². The SMILES string of the molecule is CC1(C)O[C@@H]2[C@H]([C@@H]3OCCc4cc(Cl)c(Cl)cc43)O[C@@H](n3ccc4c(Cl)ncnc43)[C@@H]2O1.CC1(C)O[C@@H]2[C@H]([C@@H]3OCCc4cc(Cl)c(Cl)cc43)O[C@@H](n3ccc4c(N)ncnc43)[C@@H]2O1.CC1(C)O[C@@H]2[C@H]([C@H](O)c3cc(Cl)c(Cl)cc3CCO)O[C@@H](n3ccc4c(Cl)ncnc43)[C@@H]2O1.Nc1ncnc2c1ccn2[C@@H]1O[C@@H]([C@@H]2OCCc3cc(Cl)c(Cl)cc32)[C@@H](O)[C@H]1O. The number of aliphatic hydroxyl groups excluding tert-OH is 4. The molecular weight excluding hydrogens is 1840 g/mol. The van der Waals surface area contributed by atoms with Crippen LogP contribution in [0.4, 0.5) is 11.6 Å². The van der Waals surface area contributed by atoms with Gasteiger partial charge in [-0.1, -0.05) is 116 Å². The lowest BCUT2D eigenvalue weighted by Crippen LogP contribution is -2.37. The monoisotopic (exact) mass is 1920 g/mol.